The molecule has 7 aromatic rings. The predicted molar refractivity (Wildman–Crippen MR) is 207 cm³/mol. The van der Waals surface area contributed by atoms with Crippen molar-refractivity contribution in [3.63, 3.8) is 0 Å². The van der Waals surface area contributed by atoms with Crippen molar-refractivity contribution in [3.8, 4) is 17.2 Å². The van der Waals surface area contributed by atoms with E-state index in [1.165, 1.54) is 37.5 Å². The summed E-state index contributed by atoms with van der Waals surface area (Å²) in [5.41, 5.74) is 4.57. The van der Waals surface area contributed by atoms with Crippen LogP contribution >= 0.6 is 0 Å². The highest BCUT2D eigenvalue weighted by atomic mass is 16.5. The van der Waals surface area contributed by atoms with Gasteiger partial charge in [-0.3, -0.25) is 0 Å². The standard InChI is InChI=1S/C44H42N2O5/c1-3-4-5-6-9-29-12-14-30(15-13-29)44(48)51-33-18-16-32(17-19-33)45-21-23-46(24-22-45)38-27-35-36(28-40(38)49-2)43-42(39(47)20-25-50-43)37-26-31-10-7-8-11-34(31)41(35)37/h7-8,10-20,25-28,47H,3-6,9,21-24H2,1-2H3. The zero-order valence-electron chi connectivity index (χ0n) is 29.2. The molecule has 1 aliphatic heterocycles. The number of esters is 1. The van der Waals surface area contributed by atoms with Crippen LogP contribution in [0.5, 0.6) is 17.2 Å². The Kier molecular flexibility index (Phi) is 8.86. The first-order valence-corrected chi connectivity index (χ1v) is 18.0. The number of carbonyl (C=O) groups excluding carboxylic acids is 1. The Morgan fingerprint density at radius 1 is 0.765 bits per heavy atom. The van der Waals surface area contributed by atoms with Crippen molar-refractivity contribution >= 4 is 60.6 Å². The molecule has 7 nitrogen and oxygen atoms in total. The molecule has 8 rings (SSSR count). The number of nitrogens with zero attached hydrogens (tertiary/aromatic N) is 2. The highest BCUT2D eigenvalue weighted by Gasteiger charge is 2.24. The van der Waals surface area contributed by atoms with Gasteiger partial charge in [-0.25, -0.2) is 4.79 Å². The molecule has 0 amide bonds. The molecule has 1 fully saturated rings. The largest absolute Gasteiger partial charge is 0.507 e. The Labute approximate surface area is 297 Å². The summed E-state index contributed by atoms with van der Waals surface area (Å²) in [7, 11) is 1.70. The third kappa shape index (κ3) is 6.18. The lowest BCUT2D eigenvalue weighted by Crippen LogP contribution is -2.46. The summed E-state index contributed by atoms with van der Waals surface area (Å²) in [6.45, 7) is 5.46. The molecular weight excluding hydrogens is 636 g/mol. The van der Waals surface area contributed by atoms with Crippen molar-refractivity contribution in [3.05, 3.63) is 114 Å². The fourth-order valence-corrected chi connectivity index (χ4v) is 7.63. The first-order valence-electron chi connectivity index (χ1n) is 18.0. The van der Waals surface area contributed by atoms with E-state index in [1.807, 2.05) is 60.7 Å². The minimum Gasteiger partial charge on any atom is -0.507 e. The van der Waals surface area contributed by atoms with Gasteiger partial charge in [0.2, 0.25) is 0 Å². The minimum atomic E-state index is -0.344. The number of unbranched alkanes of at least 4 members (excludes halogenated alkanes) is 3. The van der Waals surface area contributed by atoms with Gasteiger partial charge < -0.3 is 28.8 Å². The summed E-state index contributed by atoms with van der Waals surface area (Å²) >= 11 is 0. The van der Waals surface area contributed by atoms with Crippen LogP contribution in [0.1, 0.15) is 48.5 Å². The molecular formula is C44H42N2O5. The first-order chi connectivity index (χ1) is 25.0. The van der Waals surface area contributed by atoms with Gasteiger partial charge in [0.25, 0.3) is 0 Å². The summed E-state index contributed by atoms with van der Waals surface area (Å²) in [6, 6.07) is 32.0. The second-order valence-electron chi connectivity index (χ2n) is 13.5. The Morgan fingerprint density at radius 2 is 1.53 bits per heavy atom. The van der Waals surface area contributed by atoms with Crippen LogP contribution < -0.4 is 19.3 Å². The highest BCUT2D eigenvalue weighted by molar-refractivity contribution is 6.33. The summed E-state index contributed by atoms with van der Waals surface area (Å²) in [5, 5.41) is 18.0. The molecule has 51 heavy (non-hydrogen) atoms. The summed E-state index contributed by atoms with van der Waals surface area (Å²) in [6.07, 6.45) is 7.48. The van der Waals surface area contributed by atoms with Crippen LogP contribution in [-0.4, -0.2) is 44.4 Å². The predicted octanol–water partition coefficient (Wildman–Crippen LogP) is 10.3. The second-order valence-corrected chi connectivity index (χ2v) is 13.5. The maximum Gasteiger partial charge on any atom is 0.343 e. The average Bonchev–Trinajstić information content (AvgIpc) is 3.56. The van der Waals surface area contributed by atoms with E-state index < -0.39 is 0 Å². The van der Waals surface area contributed by atoms with Gasteiger partial charge in [-0.2, -0.15) is 0 Å². The maximum absolute atomic E-state index is 12.9. The van der Waals surface area contributed by atoms with E-state index in [2.05, 4.69) is 47.1 Å². The maximum atomic E-state index is 12.9. The molecule has 0 saturated carbocycles. The number of aromatic hydroxyl groups is 1. The zero-order valence-corrected chi connectivity index (χ0v) is 29.2. The second kappa shape index (κ2) is 13.9. The fourth-order valence-electron chi connectivity index (χ4n) is 7.63. The van der Waals surface area contributed by atoms with Crippen LogP contribution in [0.4, 0.5) is 11.4 Å². The van der Waals surface area contributed by atoms with Crippen molar-refractivity contribution in [2.24, 2.45) is 0 Å². The summed E-state index contributed by atoms with van der Waals surface area (Å²) in [4.78, 5) is 17.6. The Morgan fingerprint density at radius 3 is 2.29 bits per heavy atom. The molecule has 0 unspecified atom stereocenters. The number of ether oxygens (including phenoxy) is 2. The third-order valence-corrected chi connectivity index (χ3v) is 10.3. The molecule has 6 aromatic carbocycles. The normalized spacial score (nSPS) is 13.5. The fraction of sp³-hybridized carbons (Fsp3) is 0.250. The number of methoxy groups -OCH3 is 1. The molecule has 2 heterocycles. The number of piperazine rings is 1. The minimum absolute atomic E-state index is 0.196. The number of hydrogen-bond donors (Lipinski definition) is 1. The van der Waals surface area contributed by atoms with Crippen molar-refractivity contribution in [2.75, 3.05) is 43.1 Å². The van der Waals surface area contributed by atoms with Crippen LogP contribution in [0.25, 0.3) is 43.3 Å². The number of fused-ring (bicyclic) bond motifs is 8. The average molecular weight is 679 g/mol. The van der Waals surface area contributed by atoms with Gasteiger partial charge in [0.05, 0.1) is 30.0 Å². The highest BCUT2D eigenvalue weighted by Crippen LogP contribution is 2.46. The van der Waals surface area contributed by atoms with Crippen LogP contribution in [0.3, 0.4) is 0 Å². The van der Waals surface area contributed by atoms with Crippen LogP contribution in [0.2, 0.25) is 0 Å². The molecule has 0 bridgehead atoms. The topological polar surface area (TPSA) is 75.4 Å². The summed E-state index contributed by atoms with van der Waals surface area (Å²) in [5.74, 6) is 1.15. The van der Waals surface area contributed by atoms with Gasteiger partial charge in [-0.1, -0.05) is 62.6 Å². The van der Waals surface area contributed by atoms with Gasteiger partial charge in [0.15, 0.2) is 0 Å². The molecule has 1 N–H and O–H groups in total. The van der Waals surface area contributed by atoms with E-state index in [1.54, 1.807) is 13.2 Å². The molecule has 1 aromatic heterocycles. The molecule has 0 spiro atoms. The number of anilines is 2. The Bertz CT molecular complexity index is 2350. The molecule has 0 radical (unpaired) electrons. The molecule has 0 atom stereocenters. The van der Waals surface area contributed by atoms with Crippen LogP contribution in [0, 0.1) is 0 Å². The zero-order chi connectivity index (χ0) is 34.9. The number of benzene rings is 5. The molecule has 1 saturated heterocycles. The smallest absolute Gasteiger partial charge is 0.343 e. The Balaban J connectivity index is 0.992. The SMILES string of the molecule is CCCCCCc1ccc(C(=O)Oc2ccc(N3CCN(c4cc5c(cc4OC)c4occc(O)c4c4cc6ccccc6c54)CC3)cc2)cc1. The molecule has 7 heteroatoms. The van der Waals surface area contributed by atoms with Gasteiger partial charge >= 0.3 is 5.97 Å². The lowest BCUT2D eigenvalue weighted by atomic mass is 9.97. The van der Waals surface area contributed by atoms with Crippen molar-refractivity contribution < 1.29 is 23.8 Å². The van der Waals surface area contributed by atoms with E-state index in [0.29, 0.717) is 22.3 Å². The lowest BCUT2D eigenvalue weighted by Gasteiger charge is -2.38. The molecule has 1 aliphatic rings. The van der Waals surface area contributed by atoms with Crippen molar-refractivity contribution in [1.29, 1.82) is 0 Å². The number of rotatable bonds is 10. The van der Waals surface area contributed by atoms with E-state index in [9.17, 15) is 9.90 Å². The number of carbonyl (C=O) groups is 1. The van der Waals surface area contributed by atoms with Gasteiger partial charge in [-0.05, 0) is 99.9 Å². The van der Waals surface area contributed by atoms with Gasteiger partial charge in [0.1, 0.15) is 22.8 Å². The van der Waals surface area contributed by atoms with E-state index in [4.69, 9.17) is 13.9 Å². The van der Waals surface area contributed by atoms with Crippen LogP contribution in [-0.2, 0) is 6.42 Å². The monoisotopic (exact) mass is 678 g/mol. The van der Waals surface area contributed by atoms with E-state index >= 15 is 0 Å². The van der Waals surface area contributed by atoms with Crippen molar-refractivity contribution in [2.45, 2.75) is 39.0 Å². The number of aryl methyl sites for hydroxylation is 1. The summed E-state index contributed by atoms with van der Waals surface area (Å²) < 4.78 is 17.8. The third-order valence-electron chi connectivity index (χ3n) is 10.3. The van der Waals surface area contributed by atoms with Crippen LogP contribution in [0.15, 0.2) is 108 Å². The van der Waals surface area contributed by atoms with Gasteiger partial charge in [0, 0.05) is 43.3 Å². The van der Waals surface area contributed by atoms with E-state index in [0.717, 1.165) is 82.0 Å². The van der Waals surface area contributed by atoms with Gasteiger partial charge in [-0.15, -0.1) is 0 Å². The number of hydrogen-bond acceptors (Lipinski definition) is 7. The lowest BCUT2D eigenvalue weighted by molar-refractivity contribution is 0.0734. The molecule has 0 aliphatic carbocycles. The van der Waals surface area contributed by atoms with Crippen molar-refractivity contribution in [1.82, 2.24) is 0 Å². The first kappa shape index (κ1) is 32.5. The Hall–Kier alpha value is -5.69. The van der Waals surface area contributed by atoms with E-state index in [-0.39, 0.29) is 11.7 Å². The quantitative estimate of drug-likeness (QED) is 0.0668. The molecule has 258 valence electrons.